The molecule has 0 aromatic heterocycles. The van der Waals surface area contributed by atoms with E-state index < -0.39 is 23.7 Å². The topological polar surface area (TPSA) is 37.3 Å². The number of hydrogen-bond donors (Lipinski definition) is 1. The molecule has 2 saturated carbocycles. The van der Waals surface area contributed by atoms with Crippen LogP contribution in [0.2, 0.25) is 0 Å². The van der Waals surface area contributed by atoms with E-state index in [1.165, 1.54) is 6.07 Å². The van der Waals surface area contributed by atoms with Crippen molar-refractivity contribution in [3.63, 3.8) is 0 Å². The number of carboxylic acid groups (broad SMARTS) is 1. The lowest BCUT2D eigenvalue weighted by Gasteiger charge is -2.12. The summed E-state index contributed by atoms with van der Waals surface area (Å²) in [5, 5.41) is 9.06. The molecule has 0 spiro atoms. The van der Waals surface area contributed by atoms with Gasteiger partial charge in [0.05, 0.1) is 0 Å². The molecule has 1 aromatic carbocycles. The third kappa shape index (κ3) is 1.39. The van der Waals surface area contributed by atoms with Gasteiger partial charge in [0.15, 0.2) is 5.41 Å². The summed E-state index contributed by atoms with van der Waals surface area (Å²) in [5.74, 6) is -4.09. The molecule has 0 radical (unpaired) electrons. The number of rotatable bonds is 3. The third-order valence-corrected chi connectivity index (χ3v) is 3.78. The van der Waals surface area contributed by atoms with Crippen LogP contribution < -0.4 is 0 Å². The average molecular weight is 238 g/mol. The van der Waals surface area contributed by atoms with Crippen LogP contribution in [0.1, 0.15) is 36.3 Å². The van der Waals surface area contributed by atoms with E-state index in [1.807, 2.05) is 6.07 Å². The van der Waals surface area contributed by atoms with Gasteiger partial charge < -0.3 is 5.11 Å². The zero-order valence-corrected chi connectivity index (χ0v) is 9.12. The second-order valence-electron chi connectivity index (χ2n) is 4.99. The molecule has 4 heteroatoms. The van der Waals surface area contributed by atoms with Gasteiger partial charge in [-0.15, -0.1) is 0 Å². The highest BCUT2D eigenvalue weighted by atomic mass is 19.3. The summed E-state index contributed by atoms with van der Waals surface area (Å²) in [4.78, 5) is 11.1. The van der Waals surface area contributed by atoms with Gasteiger partial charge in [-0.05, 0) is 29.9 Å². The van der Waals surface area contributed by atoms with Gasteiger partial charge in [-0.3, -0.25) is 4.79 Å². The van der Waals surface area contributed by atoms with Crippen molar-refractivity contribution in [3.8, 4) is 0 Å². The minimum Gasteiger partial charge on any atom is -0.480 e. The second kappa shape index (κ2) is 3.06. The van der Waals surface area contributed by atoms with Crippen LogP contribution in [0.3, 0.4) is 0 Å². The molecule has 17 heavy (non-hydrogen) atoms. The maximum Gasteiger partial charge on any atom is 0.320 e. The molecule has 1 atom stereocenters. The molecule has 0 bridgehead atoms. The summed E-state index contributed by atoms with van der Waals surface area (Å²) in [7, 11) is 0. The van der Waals surface area contributed by atoms with Crippen LogP contribution in [0.4, 0.5) is 8.78 Å². The van der Waals surface area contributed by atoms with Gasteiger partial charge in [0.25, 0.3) is 5.92 Å². The normalized spacial score (nSPS) is 30.0. The summed E-state index contributed by atoms with van der Waals surface area (Å²) < 4.78 is 26.7. The van der Waals surface area contributed by atoms with Crippen LogP contribution in [0.25, 0.3) is 0 Å². The first kappa shape index (κ1) is 10.7. The fourth-order valence-electron chi connectivity index (χ4n) is 2.43. The Morgan fingerprint density at radius 3 is 2.47 bits per heavy atom. The van der Waals surface area contributed by atoms with Gasteiger partial charge >= 0.3 is 5.97 Å². The highest BCUT2D eigenvalue weighted by molar-refractivity contribution is 5.87. The van der Waals surface area contributed by atoms with Crippen molar-refractivity contribution in [3.05, 3.63) is 35.4 Å². The lowest BCUT2D eigenvalue weighted by Crippen LogP contribution is -2.27. The summed E-state index contributed by atoms with van der Waals surface area (Å²) in [5.41, 5.74) is -0.733. The Balaban J connectivity index is 2.03. The van der Waals surface area contributed by atoms with Gasteiger partial charge in [-0.25, -0.2) is 8.78 Å². The Morgan fingerprint density at radius 1 is 1.35 bits per heavy atom. The minimum absolute atomic E-state index is 0.249. The van der Waals surface area contributed by atoms with E-state index in [2.05, 4.69) is 0 Å². The van der Waals surface area contributed by atoms with Gasteiger partial charge in [-0.2, -0.15) is 0 Å². The van der Waals surface area contributed by atoms with Crippen molar-refractivity contribution in [1.29, 1.82) is 0 Å². The summed E-state index contributed by atoms with van der Waals surface area (Å²) >= 11 is 0. The van der Waals surface area contributed by atoms with Crippen LogP contribution in [-0.2, 0) is 10.2 Å². The predicted molar refractivity (Wildman–Crippen MR) is 57.3 cm³/mol. The maximum absolute atomic E-state index is 13.4. The van der Waals surface area contributed by atoms with Crippen LogP contribution in [0, 0.1) is 0 Å². The van der Waals surface area contributed by atoms with E-state index in [0.717, 1.165) is 18.4 Å². The molecule has 0 heterocycles. The number of benzene rings is 1. The Kier molecular flexibility index (Phi) is 1.92. The average Bonchev–Trinajstić information content (AvgIpc) is 3.13. The standard InChI is InChI=1S/C13H12F2O2/c14-13(15)7-12(13,11(16)17)10-3-1-2-9(6-10)8-4-5-8/h1-3,6,8H,4-5,7H2,(H,16,17). The molecule has 0 saturated heterocycles. The SMILES string of the molecule is O=C(O)C1(c2cccc(C3CC3)c2)CC1(F)F. The van der Waals surface area contributed by atoms with Gasteiger partial charge in [0, 0.05) is 6.42 Å². The number of carboxylic acids is 1. The van der Waals surface area contributed by atoms with Crippen LogP contribution in [0.5, 0.6) is 0 Å². The summed E-state index contributed by atoms with van der Waals surface area (Å²) in [6, 6.07) is 6.72. The van der Waals surface area contributed by atoms with Crippen LogP contribution >= 0.6 is 0 Å². The Bertz CT molecular complexity index is 494. The molecule has 3 rings (SSSR count). The quantitative estimate of drug-likeness (QED) is 0.879. The smallest absolute Gasteiger partial charge is 0.320 e. The van der Waals surface area contributed by atoms with Gasteiger partial charge in [0.1, 0.15) is 0 Å². The van der Waals surface area contributed by atoms with Crippen molar-refractivity contribution >= 4 is 5.97 Å². The summed E-state index contributed by atoms with van der Waals surface area (Å²) in [6.07, 6.45) is 1.56. The predicted octanol–water partition coefficient (Wildman–Crippen LogP) is 2.93. The molecule has 1 aromatic rings. The molecule has 1 N–H and O–H groups in total. The fraction of sp³-hybridized carbons (Fsp3) is 0.462. The number of carbonyl (C=O) groups is 1. The number of hydrogen-bond acceptors (Lipinski definition) is 1. The molecule has 0 aliphatic heterocycles. The third-order valence-electron chi connectivity index (χ3n) is 3.78. The van der Waals surface area contributed by atoms with E-state index in [-0.39, 0.29) is 5.56 Å². The zero-order chi connectivity index (χ0) is 12.3. The molecular weight excluding hydrogens is 226 g/mol. The summed E-state index contributed by atoms with van der Waals surface area (Å²) in [6.45, 7) is 0. The molecular formula is C13H12F2O2. The van der Waals surface area contributed by atoms with Crippen LogP contribution in [-0.4, -0.2) is 17.0 Å². The Hall–Kier alpha value is -1.45. The number of alkyl halides is 2. The molecule has 2 nitrogen and oxygen atoms in total. The Morgan fingerprint density at radius 2 is 2.00 bits per heavy atom. The molecule has 2 aliphatic rings. The van der Waals surface area contributed by atoms with Crippen molar-refractivity contribution < 1.29 is 18.7 Å². The Labute approximate surface area is 97.3 Å². The maximum atomic E-state index is 13.4. The van der Waals surface area contributed by atoms with Crippen molar-refractivity contribution in [1.82, 2.24) is 0 Å². The largest absolute Gasteiger partial charge is 0.480 e. The minimum atomic E-state index is -3.11. The first-order chi connectivity index (χ1) is 7.97. The molecule has 1 unspecified atom stereocenters. The lowest BCUT2D eigenvalue weighted by atomic mass is 9.93. The van der Waals surface area contributed by atoms with Crippen molar-refractivity contribution in [2.24, 2.45) is 0 Å². The number of aliphatic carboxylic acids is 1. The second-order valence-corrected chi connectivity index (χ2v) is 4.99. The van der Waals surface area contributed by atoms with Crippen molar-refractivity contribution in [2.45, 2.75) is 36.5 Å². The number of halogens is 2. The first-order valence-electron chi connectivity index (χ1n) is 5.69. The highest BCUT2D eigenvalue weighted by Gasteiger charge is 2.77. The molecule has 2 aliphatic carbocycles. The van der Waals surface area contributed by atoms with Gasteiger partial charge in [0.2, 0.25) is 0 Å². The lowest BCUT2D eigenvalue weighted by molar-refractivity contribution is -0.142. The zero-order valence-electron chi connectivity index (χ0n) is 9.12. The monoisotopic (exact) mass is 238 g/mol. The molecule has 90 valence electrons. The van der Waals surface area contributed by atoms with E-state index >= 15 is 0 Å². The van der Waals surface area contributed by atoms with Crippen LogP contribution in [0.15, 0.2) is 24.3 Å². The van der Waals surface area contributed by atoms with E-state index in [0.29, 0.717) is 5.92 Å². The van der Waals surface area contributed by atoms with Crippen molar-refractivity contribution in [2.75, 3.05) is 0 Å². The van der Waals surface area contributed by atoms with E-state index in [1.54, 1.807) is 12.1 Å². The fourth-order valence-corrected chi connectivity index (χ4v) is 2.43. The molecule has 0 amide bonds. The highest BCUT2D eigenvalue weighted by Crippen LogP contribution is 2.62. The van der Waals surface area contributed by atoms with E-state index in [9.17, 15) is 13.6 Å². The first-order valence-corrected chi connectivity index (χ1v) is 5.69. The van der Waals surface area contributed by atoms with Gasteiger partial charge in [-0.1, -0.05) is 24.3 Å². The van der Waals surface area contributed by atoms with E-state index in [4.69, 9.17) is 5.11 Å². The molecule has 2 fully saturated rings.